The van der Waals surface area contributed by atoms with E-state index in [9.17, 15) is 32.4 Å². The number of rotatable bonds is 17. The van der Waals surface area contributed by atoms with Crippen LogP contribution in [-0.4, -0.2) is 112 Å². The van der Waals surface area contributed by atoms with Gasteiger partial charge < -0.3 is 28.9 Å². The molecule has 356 valence electrons. The summed E-state index contributed by atoms with van der Waals surface area (Å²) in [5.74, 6) is 0.250. The van der Waals surface area contributed by atoms with Gasteiger partial charge in [-0.1, -0.05) is 76.3 Å². The fourth-order valence-corrected chi connectivity index (χ4v) is 14.6. The quantitative estimate of drug-likeness (QED) is 0.0716. The normalized spacial score (nSPS) is 32.2. The molecule has 2 saturated carbocycles. The Hall–Kier alpha value is -1.49. The number of halogens is 3. The van der Waals surface area contributed by atoms with Gasteiger partial charge in [0, 0.05) is 37.8 Å². The molecule has 6 rings (SSSR count). The minimum Gasteiger partial charge on any atom is -0.616 e. The first-order valence-corrected chi connectivity index (χ1v) is 26.3. The van der Waals surface area contributed by atoms with E-state index in [0.29, 0.717) is 31.3 Å². The number of carbonyl (C=O) groups is 2. The summed E-state index contributed by atoms with van der Waals surface area (Å²) in [5.41, 5.74) is -1.73. The van der Waals surface area contributed by atoms with Crippen LogP contribution in [0.2, 0.25) is 0 Å². The van der Waals surface area contributed by atoms with Gasteiger partial charge >= 0.3 is 12.1 Å². The summed E-state index contributed by atoms with van der Waals surface area (Å²) in [6, 6.07) is 6.81. The first-order valence-electron chi connectivity index (χ1n) is 23.8. The summed E-state index contributed by atoms with van der Waals surface area (Å²) in [6.07, 6.45) is 13.1. The number of amides is 1. The van der Waals surface area contributed by atoms with E-state index in [-0.39, 0.29) is 70.2 Å². The molecule has 2 heterocycles. The van der Waals surface area contributed by atoms with Crippen molar-refractivity contribution in [3.05, 3.63) is 29.3 Å². The van der Waals surface area contributed by atoms with E-state index in [0.717, 1.165) is 70.9 Å². The molecule has 1 aromatic carbocycles. The standard InChI is InChI=1S/C48H76F3N3O6P2S/c1-32(27-33(2)63(58)26-10-18-47(49,61)48(50,51)62)11-12-34-28-35-29-38(59-43(57)54-24-16-37(17-25-54)53-22-8-7-9-23-53)13-14-39(35)44(3)20-21-45(4)40(15-19-46(45,5)41(34)44)60-42(56)36(31-55)30-52-6/h13-14,29-30,32-34,36-37,40-41,55H,7-12,15-28,31,61-62H2,1-6H3/b52-30-/t32?,33?,34-,36?,40+,41-,44-,45-,46+,47?,63?/m1/s1. The van der Waals surface area contributed by atoms with Gasteiger partial charge in [-0.15, -0.1) is 0 Å². The third-order valence-corrected chi connectivity index (χ3v) is 20.0. The van der Waals surface area contributed by atoms with Crippen LogP contribution in [0, 0.1) is 34.5 Å². The van der Waals surface area contributed by atoms with Gasteiger partial charge in [0.15, 0.2) is 5.41 Å². The second kappa shape index (κ2) is 20.8. The van der Waals surface area contributed by atoms with Crippen LogP contribution in [0.25, 0.3) is 0 Å². The lowest BCUT2D eigenvalue weighted by molar-refractivity contribution is -0.172. The Bertz CT molecular complexity index is 1760. The van der Waals surface area contributed by atoms with Crippen molar-refractivity contribution in [2.75, 3.05) is 45.6 Å². The van der Waals surface area contributed by atoms with Crippen molar-refractivity contribution in [1.82, 2.24) is 9.80 Å². The number of nitrogens with zero attached hydrogens (tertiary/aromatic N) is 3. The zero-order valence-corrected chi connectivity index (χ0v) is 41.9. The lowest BCUT2D eigenvalue weighted by Gasteiger charge is -2.64. The number of alkyl halides is 3. The second-order valence-electron chi connectivity index (χ2n) is 20.8. The highest BCUT2D eigenvalue weighted by Crippen LogP contribution is 2.71. The number of carbonyl (C=O) groups excluding carboxylic acids is 2. The zero-order valence-electron chi connectivity index (χ0n) is 38.7. The molecule has 63 heavy (non-hydrogen) atoms. The molecule has 1 N–H and O–H groups in total. The fraction of sp³-hybridized carbons (Fsp3) is 0.812. The summed E-state index contributed by atoms with van der Waals surface area (Å²) in [7, 11) is 4.48. The summed E-state index contributed by atoms with van der Waals surface area (Å²) < 4.78 is 67.6. The minimum atomic E-state index is -3.57. The summed E-state index contributed by atoms with van der Waals surface area (Å²) in [6.45, 7) is 14.6. The molecule has 5 aliphatic rings. The molecular formula is C48H76F3N3O6P2S. The number of esters is 1. The van der Waals surface area contributed by atoms with Crippen LogP contribution in [0.15, 0.2) is 23.2 Å². The van der Waals surface area contributed by atoms with Crippen molar-refractivity contribution in [2.45, 2.75) is 165 Å². The largest absolute Gasteiger partial charge is 0.616 e. The maximum absolute atomic E-state index is 14.5. The SMILES string of the molecule is C/N=C\C(CO)C(=O)O[C@H]1CC[C@@]2(C)[C@@H]3[C@H](CCC(C)CC(C)[S+]([O-])CCCC(F)(P)C(F)(F)P)Cc4cc(OC(=O)N5CCC(N6CCCCC6)CC5)ccc4[C@@]3(C)CC[C@]12C. The Morgan fingerprint density at radius 1 is 1.03 bits per heavy atom. The number of hydrogen-bond donors (Lipinski definition) is 1. The van der Waals surface area contributed by atoms with Crippen LogP contribution < -0.4 is 4.74 Å². The maximum atomic E-state index is 14.5. The van der Waals surface area contributed by atoms with Crippen LogP contribution in [0.5, 0.6) is 5.75 Å². The van der Waals surface area contributed by atoms with E-state index in [1.165, 1.54) is 45.8 Å². The third kappa shape index (κ3) is 11.0. The Labute approximate surface area is 383 Å². The number of benzene rings is 1. The number of aliphatic hydroxyl groups excluding tert-OH is 1. The molecule has 1 amide bonds. The lowest BCUT2D eigenvalue weighted by atomic mass is 9.40. The number of piperidine rings is 2. The average Bonchev–Trinajstić information content (AvgIpc) is 3.50. The minimum absolute atomic E-state index is 0.103. The van der Waals surface area contributed by atoms with Crippen molar-refractivity contribution in [3.8, 4) is 5.75 Å². The molecule has 2 aliphatic heterocycles. The van der Waals surface area contributed by atoms with Gasteiger partial charge in [0.25, 0.3) is 5.66 Å². The highest BCUT2D eigenvalue weighted by Gasteiger charge is 2.68. The van der Waals surface area contributed by atoms with Crippen LogP contribution >= 0.6 is 18.5 Å². The molecule has 15 heteroatoms. The predicted molar refractivity (Wildman–Crippen MR) is 253 cm³/mol. The molecule has 0 bridgehead atoms. The first kappa shape index (κ1) is 50.9. The smallest absolute Gasteiger partial charge is 0.415 e. The zero-order chi connectivity index (χ0) is 46.0. The molecule has 3 aliphatic carbocycles. The van der Waals surface area contributed by atoms with Crippen LogP contribution in [0.1, 0.15) is 136 Å². The molecule has 0 spiro atoms. The van der Waals surface area contributed by atoms with Gasteiger partial charge in [-0.3, -0.25) is 9.79 Å². The van der Waals surface area contributed by atoms with E-state index in [4.69, 9.17) is 9.47 Å². The fourth-order valence-electron chi connectivity index (χ4n) is 12.9. The van der Waals surface area contributed by atoms with Gasteiger partial charge in [-0.05, 0) is 155 Å². The topological polar surface area (TPSA) is 115 Å². The van der Waals surface area contributed by atoms with Gasteiger partial charge in [-0.2, -0.15) is 8.78 Å². The van der Waals surface area contributed by atoms with E-state index in [2.05, 4.69) is 49.7 Å². The number of fused-ring (bicyclic) bond motifs is 5. The highest BCUT2D eigenvalue weighted by atomic mass is 32.2. The summed E-state index contributed by atoms with van der Waals surface area (Å²) in [5, 5.41) is 7.04. The molecule has 9 nitrogen and oxygen atoms in total. The van der Waals surface area contributed by atoms with Crippen molar-refractivity contribution in [3.63, 3.8) is 0 Å². The molecule has 0 aromatic heterocycles. The van der Waals surface area contributed by atoms with Crippen LogP contribution in [0.3, 0.4) is 0 Å². The Balaban J connectivity index is 1.19. The molecule has 13 atom stereocenters. The number of likely N-dealkylation sites (tertiary alicyclic amines) is 2. The third-order valence-electron chi connectivity index (χ3n) is 16.7. The van der Waals surface area contributed by atoms with Gasteiger partial charge in [0.2, 0.25) is 0 Å². The van der Waals surface area contributed by atoms with Crippen molar-refractivity contribution in [2.24, 2.45) is 39.5 Å². The first-order chi connectivity index (χ1) is 29.7. The van der Waals surface area contributed by atoms with E-state index in [1.807, 2.05) is 17.9 Å². The van der Waals surface area contributed by atoms with E-state index >= 15 is 0 Å². The molecule has 2 saturated heterocycles. The van der Waals surface area contributed by atoms with Gasteiger partial charge in [-0.25, -0.2) is 9.18 Å². The monoisotopic (exact) mass is 941 g/mol. The average molecular weight is 942 g/mol. The summed E-state index contributed by atoms with van der Waals surface area (Å²) >= 11 is -1.28. The molecule has 7 unspecified atom stereocenters. The lowest BCUT2D eigenvalue weighted by Crippen LogP contribution is -2.60. The molecule has 4 fully saturated rings. The molecular weight excluding hydrogens is 866 g/mol. The highest BCUT2D eigenvalue weighted by molar-refractivity contribution is 7.91. The van der Waals surface area contributed by atoms with Crippen LogP contribution in [-0.2, 0) is 32.5 Å². The molecule has 1 aromatic rings. The van der Waals surface area contributed by atoms with Crippen molar-refractivity contribution < 1.29 is 41.9 Å². The number of ether oxygens (including phenoxy) is 2. The van der Waals surface area contributed by atoms with E-state index < -0.39 is 40.6 Å². The van der Waals surface area contributed by atoms with E-state index in [1.54, 1.807) is 16.3 Å². The number of hydrogen-bond acceptors (Lipinski definition) is 8. The molecule has 0 radical (unpaired) electrons. The van der Waals surface area contributed by atoms with Crippen LogP contribution in [0.4, 0.5) is 18.0 Å². The Morgan fingerprint density at radius 3 is 2.38 bits per heavy atom. The Morgan fingerprint density at radius 2 is 1.73 bits per heavy atom. The van der Waals surface area contributed by atoms with Crippen molar-refractivity contribution >= 4 is 47.9 Å². The maximum Gasteiger partial charge on any atom is 0.415 e. The second-order valence-corrected chi connectivity index (χ2v) is 24.4. The Kier molecular flexibility index (Phi) is 16.8. The number of aliphatic imine (C=N–C) groups is 1. The number of aliphatic hydroxyl groups is 1. The van der Waals surface area contributed by atoms with Crippen molar-refractivity contribution in [1.29, 1.82) is 0 Å². The van der Waals surface area contributed by atoms with Gasteiger partial charge in [0.1, 0.15) is 28.8 Å². The van der Waals surface area contributed by atoms with Gasteiger partial charge in [0.05, 0.1) is 6.61 Å². The predicted octanol–water partition coefficient (Wildman–Crippen LogP) is 9.74. The summed E-state index contributed by atoms with van der Waals surface area (Å²) in [4.78, 5) is 35.4.